The molecular formula is C35H22F3I. The van der Waals surface area contributed by atoms with Crippen LogP contribution in [-0.2, 0) is 6.18 Å². The molecule has 0 atom stereocenters. The van der Waals surface area contributed by atoms with Crippen LogP contribution in [0.15, 0.2) is 133 Å². The van der Waals surface area contributed by atoms with Crippen molar-refractivity contribution in [2.75, 3.05) is 0 Å². The molecule has 4 heteroatoms. The Hall–Kier alpha value is -3.90. The van der Waals surface area contributed by atoms with Crippen LogP contribution in [0.3, 0.4) is 0 Å². The van der Waals surface area contributed by atoms with Crippen molar-refractivity contribution < 1.29 is 13.2 Å². The van der Waals surface area contributed by atoms with E-state index in [1.807, 2.05) is 24.3 Å². The molecule has 0 spiro atoms. The highest BCUT2D eigenvalue weighted by atomic mass is 127. The second kappa shape index (κ2) is 10.3. The Morgan fingerprint density at radius 2 is 0.667 bits per heavy atom. The molecule has 0 N–H and O–H groups in total. The summed E-state index contributed by atoms with van der Waals surface area (Å²) in [5.74, 6) is 0. The molecular weight excluding hydrogens is 604 g/mol. The molecule has 0 bridgehead atoms. The van der Waals surface area contributed by atoms with Gasteiger partial charge in [0.25, 0.3) is 0 Å². The topological polar surface area (TPSA) is 0 Å². The highest BCUT2D eigenvalue weighted by Gasteiger charge is 2.29. The Morgan fingerprint density at radius 1 is 0.359 bits per heavy atom. The van der Waals surface area contributed by atoms with Gasteiger partial charge in [0.1, 0.15) is 0 Å². The molecule has 39 heavy (non-hydrogen) atoms. The molecule has 0 amide bonds. The van der Waals surface area contributed by atoms with E-state index in [0.29, 0.717) is 0 Å². The number of benzene rings is 6. The summed E-state index contributed by atoms with van der Waals surface area (Å²) in [7, 11) is 0. The first-order valence-corrected chi connectivity index (χ1v) is 13.6. The van der Waals surface area contributed by atoms with E-state index < -0.39 is 11.7 Å². The number of rotatable bonds is 4. The summed E-state index contributed by atoms with van der Waals surface area (Å²) in [6, 6.07) is 43.3. The minimum atomic E-state index is -4.33. The van der Waals surface area contributed by atoms with Gasteiger partial charge in [0.2, 0.25) is 0 Å². The highest BCUT2D eigenvalue weighted by Crippen LogP contribution is 2.33. The van der Waals surface area contributed by atoms with Gasteiger partial charge in [-0.3, -0.25) is 0 Å². The van der Waals surface area contributed by atoms with Crippen molar-refractivity contribution >= 4 is 33.4 Å². The maximum atomic E-state index is 12.9. The van der Waals surface area contributed by atoms with Crippen molar-refractivity contribution in [3.8, 4) is 44.5 Å². The van der Waals surface area contributed by atoms with Crippen molar-refractivity contribution in [2.45, 2.75) is 6.18 Å². The Kier molecular flexibility index (Phi) is 6.73. The summed E-state index contributed by atoms with van der Waals surface area (Å²) in [5.41, 5.74) is 7.86. The van der Waals surface area contributed by atoms with Gasteiger partial charge in [-0.25, -0.2) is 0 Å². The third-order valence-corrected chi connectivity index (χ3v) is 7.72. The molecule has 0 radical (unpaired) electrons. The average molecular weight is 626 g/mol. The molecule has 6 aromatic carbocycles. The van der Waals surface area contributed by atoms with E-state index in [0.717, 1.165) is 50.9 Å². The highest BCUT2D eigenvalue weighted by molar-refractivity contribution is 14.1. The zero-order valence-corrected chi connectivity index (χ0v) is 22.9. The van der Waals surface area contributed by atoms with Crippen molar-refractivity contribution in [3.63, 3.8) is 0 Å². The number of hydrogen-bond donors (Lipinski definition) is 0. The largest absolute Gasteiger partial charge is 0.416 e. The monoisotopic (exact) mass is 626 g/mol. The van der Waals surface area contributed by atoms with Crippen LogP contribution in [-0.4, -0.2) is 0 Å². The molecule has 0 aliphatic carbocycles. The quantitative estimate of drug-likeness (QED) is 0.171. The summed E-state index contributed by atoms with van der Waals surface area (Å²) in [4.78, 5) is 0. The van der Waals surface area contributed by atoms with Gasteiger partial charge >= 0.3 is 6.18 Å². The Labute approximate surface area is 238 Å². The van der Waals surface area contributed by atoms with E-state index in [4.69, 9.17) is 0 Å². The molecule has 6 rings (SSSR count). The van der Waals surface area contributed by atoms with E-state index in [-0.39, 0.29) is 0 Å². The zero-order valence-electron chi connectivity index (χ0n) is 20.7. The van der Waals surface area contributed by atoms with Gasteiger partial charge in [-0.15, -0.1) is 0 Å². The fourth-order valence-corrected chi connectivity index (χ4v) is 5.17. The molecule has 0 saturated carbocycles. The van der Waals surface area contributed by atoms with Crippen molar-refractivity contribution in [1.82, 2.24) is 0 Å². The second-order valence-electron chi connectivity index (χ2n) is 9.51. The Morgan fingerprint density at radius 3 is 1.05 bits per heavy atom. The number of alkyl halides is 3. The minimum absolute atomic E-state index is 0.639. The minimum Gasteiger partial charge on any atom is -0.166 e. The van der Waals surface area contributed by atoms with E-state index >= 15 is 0 Å². The van der Waals surface area contributed by atoms with Gasteiger partial charge < -0.3 is 0 Å². The van der Waals surface area contributed by atoms with Gasteiger partial charge in [-0.2, -0.15) is 13.2 Å². The smallest absolute Gasteiger partial charge is 0.166 e. The van der Waals surface area contributed by atoms with E-state index in [2.05, 4.69) is 108 Å². The predicted molar refractivity (Wildman–Crippen MR) is 163 cm³/mol. The molecule has 0 unspecified atom stereocenters. The third-order valence-electron chi connectivity index (χ3n) is 7.00. The molecule has 0 nitrogen and oxygen atoms in total. The summed E-state index contributed by atoms with van der Waals surface area (Å²) in [5, 5.41) is 2.32. The summed E-state index contributed by atoms with van der Waals surface area (Å²) >= 11 is 2.32. The Bertz CT molecular complexity index is 1750. The van der Waals surface area contributed by atoms with Crippen LogP contribution in [0.1, 0.15) is 5.56 Å². The fourth-order valence-electron chi connectivity index (χ4n) is 4.81. The van der Waals surface area contributed by atoms with E-state index in [1.165, 1.54) is 32.2 Å². The van der Waals surface area contributed by atoms with Crippen LogP contribution >= 0.6 is 22.6 Å². The standard InChI is InChI=1S/C35H22F3I/c36-35(37,38)33-17-13-25(14-18-33)23-1-5-27(6-2-23)30-11-9-29-10-12-31(22-32(29)21-30)28-7-3-24(4-8-28)26-15-19-34(39)20-16-26/h1-22H. The lowest BCUT2D eigenvalue weighted by atomic mass is 9.95. The first-order valence-electron chi connectivity index (χ1n) is 12.5. The van der Waals surface area contributed by atoms with E-state index in [9.17, 15) is 13.2 Å². The lowest BCUT2D eigenvalue weighted by Gasteiger charge is -2.10. The van der Waals surface area contributed by atoms with Gasteiger partial charge in [-0.1, -0.05) is 97.1 Å². The van der Waals surface area contributed by atoms with Crippen LogP contribution < -0.4 is 0 Å². The maximum absolute atomic E-state index is 12.9. The van der Waals surface area contributed by atoms with Crippen molar-refractivity contribution in [3.05, 3.63) is 143 Å². The molecule has 190 valence electrons. The van der Waals surface area contributed by atoms with Crippen LogP contribution in [0.25, 0.3) is 55.3 Å². The van der Waals surface area contributed by atoms with Gasteiger partial charge in [0, 0.05) is 3.57 Å². The lowest BCUT2D eigenvalue weighted by Crippen LogP contribution is -2.03. The fraction of sp³-hybridized carbons (Fsp3) is 0.0286. The molecule has 0 saturated heterocycles. The van der Waals surface area contributed by atoms with Gasteiger partial charge in [0.15, 0.2) is 0 Å². The van der Waals surface area contributed by atoms with Crippen molar-refractivity contribution in [1.29, 1.82) is 0 Å². The SMILES string of the molecule is FC(F)(F)c1ccc(-c2ccc(-c3ccc4ccc(-c5ccc(-c6ccc(I)cc6)cc5)cc4c3)cc2)cc1. The molecule has 0 aliphatic rings. The van der Waals surface area contributed by atoms with Crippen LogP contribution in [0.4, 0.5) is 13.2 Å². The van der Waals surface area contributed by atoms with Crippen LogP contribution in [0, 0.1) is 3.57 Å². The molecule has 6 aromatic rings. The molecule has 0 fully saturated rings. The summed E-state index contributed by atoms with van der Waals surface area (Å²) < 4.78 is 39.9. The lowest BCUT2D eigenvalue weighted by molar-refractivity contribution is -0.137. The van der Waals surface area contributed by atoms with Crippen LogP contribution in [0.2, 0.25) is 0 Å². The number of halogens is 4. The summed E-state index contributed by atoms with van der Waals surface area (Å²) in [6.45, 7) is 0. The zero-order chi connectivity index (χ0) is 27.0. The second-order valence-corrected chi connectivity index (χ2v) is 10.8. The van der Waals surface area contributed by atoms with E-state index in [1.54, 1.807) is 0 Å². The molecule has 0 aromatic heterocycles. The van der Waals surface area contributed by atoms with Gasteiger partial charge in [0.05, 0.1) is 5.56 Å². The predicted octanol–water partition coefficient (Wildman–Crippen LogP) is 11.1. The number of hydrogen-bond acceptors (Lipinski definition) is 0. The van der Waals surface area contributed by atoms with Gasteiger partial charge in [-0.05, 0) is 114 Å². The first-order chi connectivity index (χ1) is 18.8. The Balaban J connectivity index is 1.25. The summed E-state index contributed by atoms with van der Waals surface area (Å²) in [6.07, 6.45) is -4.33. The third kappa shape index (κ3) is 5.48. The van der Waals surface area contributed by atoms with Crippen molar-refractivity contribution in [2.24, 2.45) is 0 Å². The normalized spacial score (nSPS) is 11.6. The maximum Gasteiger partial charge on any atom is 0.416 e. The molecule has 0 aliphatic heterocycles. The number of fused-ring (bicyclic) bond motifs is 1. The first kappa shape index (κ1) is 25.4. The van der Waals surface area contributed by atoms with Crippen LogP contribution in [0.5, 0.6) is 0 Å². The molecule has 0 heterocycles. The average Bonchev–Trinajstić information content (AvgIpc) is 2.97.